The van der Waals surface area contributed by atoms with Crippen LogP contribution in [0.15, 0.2) is 47.4 Å². The van der Waals surface area contributed by atoms with Crippen molar-refractivity contribution < 1.29 is 27.1 Å². The Morgan fingerprint density at radius 3 is 2.53 bits per heavy atom. The highest BCUT2D eigenvalue weighted by Gasteiger charge is 2.35. The number of fused-ring (bicyclic) bond motifs is 1. The average Bonchev–Trinajstić information content (AvgIpc) is 3.13. The normalized spacial score (nSPS) is 20.1. The number of pyridine rings is 2. The number of aromatic nitrogens is 2. The molecule has 0 bridgehead atoms. The largest absolute Gasteiger partial charge is 0.416 e. The van der Waals surface area contributed by atoms with Gasteiger partial charge in [0.1, 0.15) is 5.82 Å². The minimum absolute atomic E-state index is 0.0779. The summed E-state index contributed by atoms with van der Waals surface area (Å²) in [6.45, 7) is 0.598. The van der Waals surface area contributed by atoms with E-state index in [0.717, 1.165) is 17.7 Å². The van der Waals surface area contributed by atoms with E-state index >= 15 is 0 Å². The third-order valence-electron chi connectivity index (χ3n) is 6.85. The van der Waals surface area contributed by atoms with Crippen LogP contribution in [-0.4, -0.2) is 34.0 Å². The van der Waals surface area contributed by atoms with Crippen molar-refractivity contribution >= 4 is 5.91 Å². The first-order chi connectivity index (χ1) is 17.0. The van der Waals surface area contributed by atoms with E-state index in [4.69, 9.17) is 9.72 Å². The highest BCUT2D eigenvalue weighted by Crippen LogP contribution is 2.41. The zero-order valence-electron chi connectivity index (χ0n) is 19.6. The second-order valence-corrected chi connectivity index (χ2v) is 9.27. The summed E-state index contributed by atoms with van der Waals surface area (Å²) >= 11 is 0. The topological polar surface area (TPSA) is 64.4 Å². The Bertz CT molecular complexity index is 1420. The van der Waals surface area contributed by atoms with E-state index in [2.05, 4.69) is 0 Å². The molecule has 36 heavy (non-hydrogen) atoms. The molecule has 1 fully saturated rings. The maximum Gasteiger partial charge on any atom is 0.416 e. The molecule has 188 valence electrons. The Morgan fingerprint density at radius 2 is 1.83 bits per heavy atom. The predicted molar refractivity (Wildman–Crippen MR) is 123 cm³/mol. The molecule has 2 atom stereocenters. The van der Waals surface area contributed by atoms with Crippen molar-refractivity contribution in [1.29, 1.82) is 0 Å². The van der Waals surface area contributed by atoms with Crippen molar-refractivity contribution in [1.82, 2.24) is 14.5 Å². The molecule has 0 N–H and O–H groups in total. The number of amides is 1. The van der Waals surface area contributed by atoms with Crippen LogP contribution in [0.3, 0.4) is 0 Å². The first kappa shape index (κ1) is 24.2. The third-order valence-corrected chi connectivity index (χ3v) is 6.85. The lowest BCUT2D eigenvalue weighted by Gasteiger charge is -2.30. The zero-order chi connectivity index (χ0) is 25.8. The molecule has 10 heteroatoms. The molecule has 1 aromatic carbocycles. The van der Waals surface area contributed by atoms with Crippen LogP contribution < -0.4 is 5.56 Å². The SMILES string of the molecule is CN1Cc2c(cc(C3CCOC(c4ccc(=O)n(C)c4)C3)nc2-c2ccc(C(F)(F)F)cc2F)C1=O. The number of carbonyl (C=O) groups is 1. The fourth-order valence-electron chi connectivity index (χ4n) is 4.88. The second kappa shape index (κ2) is 8.85. The standard InChI is InChI=1S/C26H23F4N3O3/c1-32-12-15(3-6-23(32)34)22-9-14(7-8-36-22)21-11-18-19(13-33(2)25(18)35)24(31-21)17-5-4-16(10-20(17)27)26(28,29)30/h3-6,10-12,14,22H,7-9,13H2,1-2H3. The van der Waals surface area contributed by atoms with Gasteiger partial charge in [-0.05, 0) is 48.7 Å². The van der Waals surface area contributed by atoms with Gasteiger partial charge in [0, 0.05) is 67.8 Å². The number of hydrogen-bond donors (Lipinski definition) is 0. The lowest BCUT2D eigenvalue weighted by atomic mass is 9.88. The van der Waals surface area contributed by atoms with E-state index in [1.807, 2.05) is 0 Å². The summed E-state index contributed by atoms with van der Waals surface area (Å²) < 4.78 is 61.6. The van der Waals surface area contributed by atoms with E-state index in [1.165, 1.54) is 15.5 Å². The number of carbonyl (C=O) groups excluding carboxylic acids is 1. The third kappa shape index (κ3) is 4.30. The zero-order valence-corrected chi connectivity index (χ0v) is 19.6. The second-order valence-electron chi connectivity index (χ2n) is 9.27. The van der Waals surface area contributed by atoms with E-state index in [0.29, 0.717) is 42.3 Å². The van der Waals surface area contributed by atoms with Gasteiger partial charge in [0.25, 0.3) is 5.91 Å². The molecular weight excluding hydrogens is 478 g/mol. The fraction of sp³-hybridized carbons (Fsp3) is 0.346. The fourth-order valence-corrected chi connectivity index (χ4v) is 4.88. The van der Waals surface area contributed by atoms with E-state index in [-0.39, 0.29) is 41.3 Å². The summed E-state index contributed by atoms with van der Waals surface area (Å²) in [6, 6.07) is 7.25. The highest BCUT2D eigenvalue weighted by atomic mass is 19.4. The number of alkyl halides is 3. The maximum absolute atomic E-state index is 15.0. The lowest BCUT2D eigenvalue weighted by Crippen LogP contribution is -2.22. The summed E-state index contributed by atoms with van der Waals surface area (Å²) in [5.41, 5.74) is 1.13. The Morgan fingerprint density at radius 1 is 1.06 bits per heavy atom. The van der Waals surface area contributed by atoms with E-state index < -0.39 is 17.6 Å². The molecule has 2 aliphatic rings. The van der Waals surface area contributed by atoms with Crippen LogP contribution in [0.4, 0.5) is 17.6 Å². The van der Waals surface area contributed by atoms with Crippen molar-refractivity contribution in [3.63, 3.8) is 0 Å². The van der Waals surface area contributed by atoms with Crippen LogP contribution >= 0.6 is 0 Å². The van der Waals surface area contributed by atoms with Crippen molar-refractivity contribution in [3.8, 4) is 11.3 Å². The summed E-state index contributed by atoms with van der Waals surface area (Å²) in [7, 11) is 3.26. The molecule has 4 heterocycles. The molecule has 2 aromatic heterocycles. The molecule has 0 radical (unpaired) electrons. The number of hydrogen-bond acceptors (Lipinski definition) is 4. The van der Waals surface area contributed by atoms with Gasteiger partial charge in [-0.3, -0.25) is 14.6 Å². The van der Waals surface area contributed by atoms with Gasteiger partial charge in [0.15, 0.2) is 0 Å². The molecule has 1 saturated heterocycles. The molecule has 0 saturated carbocycles. The predicted octanol–water partition coefficient (Wildman–Crippen LogP) is 4.83. The van der Waals surface area contributed by atoms with Crippen molar-refractivity contribution in [2.45, 2.75) is 37.6 Å². The van der Waals surface area contributed by atoms with E-state index in [1.54, 1.807) is 32.4 Å². The van der Waals surface area contributed by atoms with Crippen molar-refractivity contribution in [3.05, 3.63) is 86.7 Å². The van der Waals surface area contributed by atoms with Crippen molar-refractivity contribution in [2.24, 2.45) is 7.05 Å². The molecule has 3 aromatic rings. The number of benzene rings is 1. The quantitative estimate of drug-likeness (QED) is 0.483. The van der Waals surface area contributed by atoms with Crippen molar-refractivity contribution in [2.75, 3.05) is 13.7 Å². The Hall–Kier alpha value is -3.53. The number of halogens is 4. The van der Waals surface area contributed by atoms with Crippen LogP contribution in [-0.2, 0) is 24.5 Å². The number of nitrogens with zero attached hydrogens (tertiary/aromatic N) is 3. The average molecular weight is 501 g/mol. The molecule has 0 aliphatic carbocycles. The summed E-state index contributed by atoms with van der Waals surface area (Å²) in [5.74, 6) is -1.43. The van der Waals surface area contributed by atoms with Gasteiger partial charge in [-0.1, -0.05) is 0 Å². The van der Waals surface area contributed by atoms with Crippen LogP contribution in [0.25, 0.3) is 11.3 Å². The molecule has 0 spiro atoms. The number of rotatable bonds is 3. The van der Waals surface area contributed by atoms with Gasteiger partial charge >= 0.3 is 6.18 Å². The smallest absolute Gasteiger partial charge is 0.373 e. The first-order valence-electron chi connectivity index (χ1n) is 11.5. The van der Waals surface area contributed by atoms with Crippen LogP contribution in [0, 0.1) is 5.82 Å². The van der Waals surface area contributed by atoms with Gasteiger partial charge in [-0.2, -0.15) is 13.2 Å². The number of aryl methyl sites for hydroxylation is 1. The molecule has 2 aliphatic heterocycles. The van der Waals surface area contributed by atoms with Gasteiger partial charge < -0.3 is 14.2 Å². The Kier molecular flexibility index (Phi) is 5.94. The molecular formula is C26H23F4N3O3. The van der Waals surface area contributed by atoms with E-state index in [9.17, 15) is 27.2 Å². The van der Waals surface area contributed by atoms with Gasteiger partial charge in [-0.25, -0.2) is 4.39 Å². The summed E-state index contributed by atoms with van der Waals surface area (Å²) in [4.78, 5) is 30.8. The maximum atomic E-state index is 15.0. The minimum atomic E-state index is -4.68. The summed E-state index contributed by atoms with van der Waals surface area (Å²) in [6.07, 6.45) is -2.15. The monoisotopic (exact) mass is 501 g/mol. The highest BCUT2D eigenvalue weighted by molar-refractivity contribution is 6.00. The molecule has 5 rings (SSSR count). The minimum Gasteiger partial charge on any atom is -0.373 e. The molecule has 2 unspecified atom stereocenters. The van der Waals surface area contributed by atoms with Crippen LogP contribution in [0.5, 0.6) is 0 Å². The summed E-state index contributed by atoms with van der Waals surface area (Å²) in [5, 5.41) is 0. The molecule has 6 nitrogen and oxygen atoms in total. The number of ether oxygens (including phenoxy) is 1. The van der Waals surface area contributed by atoms with Gasteiger partial charge in [0.2, 0.25) is 5.56 Å². The van der Waals surface area contributed by atoms with Crippen LogP contribution in [0.2, 0.25) is 0 Å². The lowest BCUT2D eigenvalue weighted by molar-refractivity contribution is -0.137. The Balaban J connectivity index is 1.56. The first-order valence-corrected chi connectivity index (χ1v) is 11.5. The van der Waals surface area contributed by atoms with Gasteiger partial charge in [-0.15, -0.1) is 0 Å². The Labute approximate surface area is 204 Å². The molecule has 1 amide bonds. The van der Waals surface area contributed by atoms with Crippen LogP contribution in [0.1, 0.15) is 57.6 Å². The van der Waals surface area contributed by atoms with Gasteiger partial charge in [0.05, 0.1) is 17.4 Å².